The maximum Gasteiger partial charge on any atom is 0.270 e. The first kappa shape index (κ1) is 16.3. The number of amides is 1. The number of halogens is 1. The molecule has 2 rings (SSSR count). The predicted molar refractivity (Wildman–Crippen MR) is 85.5 cm³/mol. The van der Waals surface area contributed by atoms with Crippen LogP contribution in [0.1, 0.15) is 28.5 Å². The molecule has 8 nitrogen and oxygen atoms in total. The fourth-order valence-electron chi connectivity index (χ4n) is 1.78. The Morgan fingerprint density at radius 1 is 1.50 bits per heavy atom. The zero-order valence-corrected chi connectivity index (χ0v) is 13.9. The van der Waals surface area contributed by atoms with E-state index in [1.165, 1.54) is 18.2 Å². The Morgan fingerprint density at radius 3 is 2.86 bits per heavy atom. The van der Waals surface area contributed by atoms with Crippen molar-refractivity contribution in [1.29, 1.82) is 0 Å². The van der Waals surface area contributed by atoms with Gasteiger partial charge in [-0.3, -0.25) is 14.9 Å². The zero-order chi connectivity index (χ0) is 16.1. The van der Waals surface area contributed by atoms with Crippen molar-refractivity contribution in [3.05, 3.63) is 49.2 Å². The Kier molecular flexibility index (Phi) is 5.41. The molecule has 0 saturated carbocycles. The van der Waals surface area contributed by atoms with Crippen molar-refractivity contribution < 1.29 is 14.2 Å². The van der Waals surface area contributed by atoms with Gasteiger partial charge in [0.15, 0.2) is 5.82 Å². The van der Waals surface area contributed by atoms with Gasteiger partial charge in [0.25, 0.3) is 11.6 Å². The summed E-state index contributed by atoms with van der Waals surface area (Å²) >= 11 is 1.91. The van der Waals surface area contributed by atoms with Gasteiger partial charge in [-0.15, -0.1) is 0 Å². The van der Waals surface area contributed by atoms with E-state index in [0.29, 0.717) is 40.2 Å². The molecule has 0 fully saturated rings. The van der Waals surface area contributed by atoms with Crippen molar-refractivity contribution in [2.45, 2.75) is 19.8 Å². The number of nitrogens with one attached hydrogen (secondary N) is 1. The average molecular weight is 416 g/mol. The molecule has 1 N–H and O–H groups in total. The monoisotopic (exact) mass is 416 g/mol. The lowest BCUT2D eigenvalue weighted by molar-refractivity contribution is -0.384. The number of benzene rings is 1. The number of carbonyl (C=O) groups is 1. The normalized spacial score (nSPS) is 10.5. The van der Waals surface area contributed by atoms with Gasteiger partial charge < -0.3 is 9.84 Å². The first-order valence-corrected chi connectivity index (χ1v) is 7.56. The van der Waals surface area contributed by atoms with Crippen LogP contribution in [0.15, 0.2) is 22.7 Å². The summed E-state index contributed by atoms with van der Waals surface area (Å²) < 4.78 is 5.51. The molecule has 0 spiro atoms. The number of rotatable bonds is 6. The highest BCUT2D eigenvalue weighted by atomic mass is 127. The lowest BCUT2D eigenvalue weighted by Crippen LogP contribution is -2.25. The summed E-state index contributed by atoms with van der Waals surface area (Å²) in [4.78, 5) is 26.3. The summed E-state index contributed by atoms with van der Waals surface area (Å²) in [6.07, 6.45) is 1.25. The van der Waals surface area contributed by atoms with Gasteiger partial charge in [-0.2, -0.15) is 4.98 Å². The quantitative estimate of drug-likeness (QED) is 0.335. The highest BCUT2D eigenvalue weighted by Crippen LogP contribution is 2.19. The number of hydrogen-bond donors (Lipinski definition) is 1. The van der Waals surface area contributed by atoms with Crippen molar-refractivity contribution in [3.8, 4) is 0 Å². The Morgan fingerprint density at radius 2 is 2.27 bits per heavy atom. The molecule has 1 aromatic heterocycles. The maximum absolute atomic E-state index is 12.0. The van der Waals surface area contributed by atoms with Crippen molar-refractivity contribution in [1.82, 2.24) is 15.5 Å². The van der Waals surface area contributed by atoms with Crippen LogP contribution >= 0.6 is 22.6 Å². The second kappa shape index (κ2) is 7.29. The molecular weight excluding hydrogens is 403 g/mol. The number of non-ortho nitro benzene ring substituents is 1. The Labute approximate surface area is 139 Å². The summed E-state index contributed by atoms with van der Waals surface area (Å²) in [7, 11) is 0. The first-order chi connectivity index (χ1) is 10.5. The molecular formula is C13H13IN4O4. The molecule has 9 heteroatoms. The molecule has 0 aliphatic rings. The second-order valence-corrected chi connectivity index (χ2v) is 5.68. The Bertz CT molecular complexity index is 701. The minimum absolute atomic E-state index is 0.0345. The number of nitro benzene ring substituents is 1. The maximum atomic E-state index is 12.0. The smallest absolute Gasteiger partial charge is 0.270 e. The van der Waals surface area contributed by atoms with Gasteiger partial charge in [0.05, 0.1) is 10.5 Å². The third-order valence-corrected chi connectivity index (χ3v) is 3.72. The number of hydrogen-bond acceptors (Lipinski definition) is 6. The molecule has 0 aliphatic heterocycles. The summed E-state index contributed by atoms with van der Waals surface area (Å²) in [5.74, 6) is 0.858. The molecule has 22 heavy (non-hydrogen) atoms. The number of aromatic nitrogens is 2. The van der Waals surface area contributed by atoms with E-state index in [0.717, 1.165) is 0 Å². The van der Waals surface area contributed by atoms with Gasteiger partial charge in [0.1, 0.15) is 0 Å². The van der Waals surface area contributed by atoms with Gasteiger partial charge in [0, 0.05) is 28.7 Å². The minimum atomic E-state index is -0.490. The van der Waals surface area contributed by atoms with Crippen LogP contribution in [0, 0.1) is 20.6 Å². The molecule has 0 radical (unpaired) electrons. The molecule has 1 aromatic carbocycles. The van der Waals surface area contributed by atoms with Crippen LogP contribution in [-0.2, 0) is 6.42 Å². The second-order valence-electron chi connectivity index (χ2n) is 4.52. The van der Waals surface area contributed by atoms with Crippen LogP contribution in [0.5, 0.6) is 0 Å². The number of nitro groups is 1. The number of carbonyl (C=O) groups excluding carboxylic acids is 1. The fraction of sp³-hybridized carbons (Fsp3) is 0.308. The van der Waals surface area contributed by atoms with Crippen molar-refractivity contribution in [3.63, 3.8) is 0 Å². The van der Waals surface area contributed by atoms with E-state index in [1.54, 1.807) is 6.92 Å². The Balaban J connectivity index is 1.85. The molecule has 1 amide bonds. The van der Waals surface area contributed by atoms with Crippen LogP contribution in [0.2, 0.25) is 0 Å². The third kappa shape index (κ3) is 4.23. The van der Waals surface area contributed by atoms with E-state index >= 15 is 0 Å². The Hall–Kier alpha value is -2.04. The molecule has 1 heterocycles. The number of nitrogens with zero attached hydrogens (tertiary/aromatic N) is 3. The van der Waals surface area contributed by atoms with Gasteiger partial charge >= 0.3 is 0 Å². The first-order valence-electron chi connectivity index (χ1n) is 6.48. The molecule has 116 valence electrons. The molecule has 0 bridgehead atoms. The van der Waals surface area contributed by atoms with E-state index in [2.05, 4.69) is 15.5 Å². The topological polar surface area (TPSA) is 111 Å². The van der Waals surface area contributed by atoms with Gasteiger partial charge in [-0.1, -0.05) is 5.16 Å². The molecule has 0 saturated heterocycles. The summed E-state index contributed by atoms with van der Waals surface area (Å²) in [5.41, 5.74) is 0.382. The number of aryl methyl sites for hydroxylation is 2. The van der Waals surface area contributed by atoms with Gasteiger partial charge in [-0.25, -0.2) is 0 Å². The van der Waals surface area contributed by atoms with Gasteiger partial charge in [-0.05, 0) is 42.0 Å². The SMILES string of the molecule is Cc1noc(CCCNC(=O)c2ccc([N+](=O)[O-])cc2I)n1. The fourth-order valence-corrected chi connectivity index (χ4v) is 2.52. The van der Waals surface area contributed by atoms with Gasteiger partial charge in [0.2, 0.25) is 5.89 Å². The lowest BCUT2D eigenvalue weighted by Gasteiger charge is -2.06. The summed E-state index contributed by atoms with van der Waals surface area (Å²) in [6, 6.07) is 4.14. The lowest BCUT2D eigenvalue weighted by atomic mass is 10.2. The van der Waals surface area contributed by atoms with Crippen LogP contribution in [-0.4, -0.2) is 27.5 Å². The van der Waals surface area contributed by atoms with E-state index in [4.69, 9.17) is 4.52 Å². The van der Waals surface area contributed by atoms with E-state index in [9.17, 15) is 14.9 Å². The third-order valence-electron chi connectivity index (χ3n) is 2.83. The van der Waals surface area contributed by atoms with Crippen molar-refractivity contribution >= 4 is 34.2 Å². The van der Waals surface area contributed by atoms with Crippen molar-refractivity contribution in [2.24, 2.45) is 0 Å². The summed E-state index contributed by atoms with van der Waals surface area (Å²) in [5, 5.41) is 17.1. The molecule has 0 unspecified atom stereocenters. The van der Waals surface area contributed by atoms with Crippen LogP contribution in [0.3, 0.4) is 0 Å². The highest BCUT2D eigenvalue weighted by Gasteiger charge is 2.14. The molecule has 0 aliphatic carbocycles. The van der Waals surface area contributed by atoms with Crippen LogP contribution < -0.4 is 5.32 Å². The minimum Gasteiger partial charge on any atom is -0.352 e. The van der Waals surface area contributed by atoms with E-state index < -0.39 is 4.92 Å². The molecule has 2 aromatic rings. The van der Waals surface area contributed by atoms with Crippen molar-refractivity contribution in [2.75, 3.05) is 6.54 Å². The van der Waals surface area contributed by atoms with Crippen LogP contribution in [0.25, 0.3) is 0 Å². The van der Waals surface area contributed by atoms with Crippen LogP contribution in [0.4, 0.5) is 5.69 Å². The average Bonchev–Trinajstić information content (AvgIpc) is 2.88. The van der Waals surface area contributed by atoms with E-state index in [1.807, 2.05) is 22.6 Å². The standard InChI is InChI=1S/C13H13IN4O4/c1-8-16-12(22-17-8)3-2-6-15-13(19)10-5-4-9(18(20)21)7-11(10)14/h4-5,7H,2-3,6H2,1H3,(H,15,19). The molecule has 0 atom stereocenters. The highest BCUT2D eigenvalue weighted by molar-refractivity contribution is 14.1. The summed E-state index contributed by atoms with van der Waals surface area (Å²) in [6.45, 7) is 2.19. The largest absolute Gasteiger partial charge is 0.352 e. The zero-order valence-electron chi connectivity index (χ0n) is 11.7. The van der Waals surface area contributed by atoms with E-state index in [-0.39, 0.29) is 11.6 Å². The predicted octanol–water partition coefficient (Wildman–Crippen LogP) is 2.25.